The van der Waals surface area contributed by atoms with Gasteiger partial charge in [-0.3, -0.25) is 14.5 Å². The highest BCUT2D eigenvalue weighted by Crippen LogP contribution is 2.46. The van der Waals surface area contributed by atoms with Crippen LogP contribution in [0.2, 0.25) is 5.02 Å². The van der Waals surface area contributed by atoms with Crippen molar-refractivity contribution in [1.82, 2.24) is 25.1 Å². The molecular formula is C20H20ClN5O2. The first-order valence-electron chi connectivity index (χ1n) is 9.48. The highest BCUT2D eigenvalue weighted by atomic mass is 35.5. The van der Waals surface area contributed by atoms with E-state index in [1.807, 2.05) is 23.0 Å². The summed E-state index contributed by atoms with van der Waals surface area (Å²) < 4.78 is 7.54. The number of ether oxygens (including phenoxy) is 1. The van der Waals surface area contributed by atoms with Crippen molar-refractivity contribution >= 4 is 28.9 Å². The molecule has 0 bridgehead atoms. The molecule has 3 aromatic heterocycles. The van der Waals surface area contributed by atoms with Crippen molar-refractivity contribution in [2.75, 3.05) is 6.61 Å². The van der Waals surface area contributed by atoms with E-state index in [2.05, 4.69) is 20.4 Å². The number of halogens is 1. The number of aromatic nitrogens is 4. The molecule has 1 N–H and O–H groups in total. The molecule has 144 valence electrons. The number of fused-ring (bicyclic) bond motifs is 1. The lowest BCUT2D eigenvalue weighted by molar-refractivity contribution is -0.110. The van der Waals surface area contributed by atoms with E-state index >= 15 is 0 Å². The number of hydrogen-bond donors (Lipinski definition) is 1. The van der Waals surface area contributed by atoms with E-state index in [9.17, 15) is 4.79 Å². The Labute approximate surface area is 167 Å². The van der Waals surface area contributed by atoms with Crippen molar-refractivity contribution in [3.63, 3.8) is 0 Å². The summed E-state index contributed by atoms with van der Waals surface area (Å²) >= 11 is 6.34. The third-order valence-corrected chi connectivity index (χ3v) is 5.65. The molecule has 28 heavy (non-hydrogen) atoms. The lowest BCUT2D eigenvalue weighted by Gasteiger charge is -2.13. The molecule has 0 aliphatic heterocycles. The van der Waals surface area contributed by atoms with Crippen LogP contribution in [0.4, 0.5) is 0 Å². The van der Waals surface area contributed by atoms with Crippen molar-refractivity contribution < 1.29 is 9.53 Å². The predicted molar refractivity (Wildman–Crippen MR) is 104 cm³/mol. The van der Waals surface area contributed by atoms with Crippen molar-refractivity contribution in [2.24, 2.45) is 5.92 Å². The maximum absolute atomic E-state index is 11.0. The van der Waals surface area contributed by atoms with E-state index in [0.29, 0.717) is 30.0 Å². The van der Waals surface area contributed by atoms with Gasteiger partial charge in [0.1, 0.15) is 5.02 Å². The second kappa shape index (κ2) is 6.74. The smallest absolute Gasteiger partial charge is 0.232 e. The van der Waals surface area contributed by atoms with Crippen LogP contribution in [-0.2, 0) is 16.9 Å². The van der Waals surface area contributed by atoms with Crippen LogP contribution in [0.3, 0.4) is 0 Å². The molecule has 0 radical (unpaired) electrons. The second-order valence-corrected chi connectivity index (χ2v) is 8.06. The van der Waals surface area contributed by atoms with Gasteiger partial charge in [0.05, 0.1) is 29.9 Å². The van der Waals surface area contributed by atoms with Crippen LogP contribution in [0.5, 0.6) is 5.88 Å². The summed E-state index contributed by atoms with van der Waals surface area (Å²) in [6.07, 6.45) is 10.5. The van der Waals surface area contributed by atoms with Crippen molar-refractivity contribution in [2.45, 2.75) is 37.8 Å². The number of pyridine rings is 2. The average Bonchev–Trinajstić information content (AvgIpc) is 3.60. The minimum atomic E-state index is -0.347. The lowest BCUT2D eigenvalue weighted by atomic mass is 10.1. The summed E-state index contributed by atoms with van der Waals surface area (Å²) in [6, 6.07) is 3.75. The molecule has 3 aromatic rings. The topological polar surface area (TPSA) is 81.9 Å². The molecule has 2 fully saturated rings. The van der Waals surface area contributed by atoms with Crippen LogP contribution in [0, 0.1) is 5.92 Å². The Hall–Kier alpha value is -2.67. The summed E-state index contributed by atoms with van der Waals surface area (Å²) in [5, 5.41) is 9.04. The fourth-order valence-corrected chi connectivity index (χ4v) is 3.71. The first kappa shape index (κ1) is 17.4. The molecule has 0 aromatic carbocycles. The summed E-state index contributed by atoms with van der Waals surface area (Å²) in [4.78, 5) is 19.9. The minimum Gasteiger partial charge on any atom is -0.476 e. The van der Waals surface area contributed by atoms with E-state index in [1.54, 1.807) is 12.4 Å². The Kier molecular flexibility index (Phi) is 4.19. The van der Waals surface area contributed by atoms with E-state index in [-0.39, 0.29) is 5.54 Å². The third kappa shape index (κ3) is 3.30. The molecule has 2 aliphatic rings. The fraction of sp³-hybridized carbons (Fsp3) is 0.400. The summed E-state index contributed by atoms with van der Waals surface area (Å²) in [5.41, 5.74) is 2.33. The zero-order valence-electron chi connectivity index (χ0n) is 15.3. The molecule has 0 unspecified atom stereocenters. The van der Waals surface area contributed by atoms with Gasteiger partial charge in [0.25, 0.3) is 0 Å². The third-order valence-electron chi connectivity index (χ3n) is 5.38. The number of nitrogens with one attached hydrogen (secondary N) is 1. The van der Waals surface area contributed by atoms with Crippen LogP contribution < -0.4 is 10.1 Å². The Morgan fingerprint density at radius 3 is 2.93 bits per heavy atom. The molecule has 1 amide bonds. The van der Waals surface area contributed by atoms with Gasteiger partial charge in [-0.25, -0.2) is 4.98 Å². The summed E-state index contributed by atoms with van der Waals surface area (Å²) in [6.45, 7) is 1.22. The molecule has 0 saturated heterocycles. The zero-order chi connectivity index (χ0) is 19.1. The maximum Gasteiger partial charge on any atom is 0.232 e. The van der Waals surface area contributed by atoms with Gasteiger partial charge in [-0.05, 0) is 49.3 Å². The minimum absolute atomic E-state index is 0.347. The quantitative estimate of drug-likeness (QED) is 0.591. The number of amides is 1. The largest absolute Gasteiger partial charge is 0.476 e. The van der Waals surface area contributed by atoms with E-state index < -0.39 is 0 Å². The molecule has 0 atom stereocenters. The fourth-order valence-electron chi connectivity index (χ4n) is 3.47. The molecule has 2 saturated carbocycles. The maximum atomic E-state index is 11.0. The standard InChI is InChI=1S/C20H20ClN5O2/c21-16-7-14(8-23-19(16)28-11-13-1-2-13)9-26-10-15-17(25-26)3-6-22-18(15)20(4-5-20)24-12-27/h3,6-8,10,12-13H,1-2,4-5,9,11H2,(H,24,27). The molecule has 0 spiro atoms. The molecule has 3 heterocycles. The van der Waals surface area contributed by atoms with Gasteiger partial charge in [-0.15, -0.1) is 0 Å². The SMILES string of the molecule is O=CNC1(c2nccc3nn(Cc4cnc(OCC5CC5)c(Cl)c4)cc23)CC1. The van der Waals surface area contributed by atoms with Crippen LogP contribution in [0.15, 0.2) is 30.7 Å². The van der Waals surface area contributed by atoms with E-state index in [0.717, 1.165) is 41.4 Å². The number of hydrogen-bond acceptors (Lipinski definition) is 5. The highest BCUT2D eigenvalue weighted by molar-refractivity contribution is 6.31. The van der Waals surface area contributed by atoms with E-state index in [1.165, 1.54) is 12.8 Å². The summed E-state index contributed by atoms with van der Waals surface area (Å²) in [7, 11) is 0. The van der Waals surface area contributed by atoms with Gasteiger partial charge in [0.2, 0.25) is 12.3 Å². The van der Waals surface area contributed by atoms with Crippen LogP contribution >= 0.6 is 11.6 Å². The first-order chi connectivity index (χ1) is 13.7. The predicted octanol–water partition coefficient (Wildman–Crippen LogP) is 3.05. The Morgan fingerprint density at radius 2 is 2.21 bits per heavy atom. The van der Waals surface area contributed by atoms with E-state index in [4.69, 9.17) is 16.3 Å². The molecule has 7 nitrogen and oxygen atoms in total. The zero-order valence-corrected chi connectivity index (χ0v) is 16.0. The Morgan fingerprint density at radius 1 is 1.36 bits per heavy atom. The van der Waals surface area contributed by atoms with Gasteiger partial charge in [0, 0.05) is 24.0 Å². The Balaban J connectivity index is 1.38. The van der Waals surface area contributed by atoms with Gasteiger partial charge < -0.3 is 10.1 Å². The number of rotatable bonds is 8. The normalized spacial score (nSPS) is 17.5. The number of carbonyl (C=O) groups is 1. The molecule has 2 aliphatic carbocycles. The van der Waals surface area contributed by atoms with Gasteiger partial charge in [-0.2, -0.15) is 5.10 Å². The van der Waals surface area contributed by atoms with Crippen LogP contribution in [0.1, 0.15) is 36.9 Å². The van der Waals surface area contributed by atoms with Crippen molar-refractivity contribution in [1.29, 1.82) is 0 Å². The average molecular weight is 398 g/mol. The first-order valence-corrected chi connectivity index (χ1v) is 9.86. The Bertz CT molecular complexity index is 1040. The number of carbonyl (C=O) groups excluding carboxylic acids is 1. The highest BCUT2D eigenvalue weighted by Gasteiger charge is 2.46. The second-order valence-electron chi connectivity index (χ2n) is 7.65. The van der Waals surface area contributed by atoms with Crippen LogP contribution in [0.25, 0.3) is 10.9 Å². The summed E-state index contributed by atoms with van der Waals surface area (Å²) in [5.74, 6) is 1.14. The van der Waals surface area contributed by atoms with Crippen molar-refractivity contribution in [3.05, 3.63) is 47.0 Å². The molecule has 8 heteroatoms. The number of nitrogens with zero attached hydrogens (tertiary/aromatic N) is 4. The van der Waals surface area contributed by atoms with Gasteiger partial charge in [-0.1, -0.05) is 11.6 Å². The van der Waals surface area contributed by atoms with Gasteiger partial charge >= 0.3 is 0 Å². The molecular weight excluding hydrogens is 378 g/mol. The van der Waals surface area contributed by atoms with Gasteiger partial charge in [0.15, 0.2) is 0 Å². The molecule has 5 rings (SSSR count). The lowest BCUT2D eigenvalue weighted by Crippen LogP contribution is -2.28. The van der Waals surface area contributed by atoms with Crippen LogP contribution in [-0.4, -0.2) is 32.8 Å². The monoisotopic (exact) mass is 397 g/mol. The van der Waals surface area contributed by atoms with Crippen molar-refractivity contribution in [3.8, 4) is 5.88 Å².